The van der Waals surface area contributed by atoms with Crippen LogP contribution in [0.15, 0.2) is 0 Å². The van der Waals surface area contributed by atoms with Crippen LogP contribution in [0, 0.1) is 5.41 Å². The predicted molar refractivity (Wildman–Crippen MR) is 40.9 cm³/mol. The van der Waals surface area contributed by atoms with Crippen molar-refractivity contribution in [3.63, 3.8) is 0 Å². The van der Waals surface area contributed by atoms with Gasteiger partial charge in [-0.1, -0.05) is 6.92 Å². The highest BCUT2D eigenvalue weighted by Gasteiger charge is 2.45. The summed E-state index contributed by atoms with van der Waals surface area (Å²) in [4.78, 5) is 0. The Morgan fingerprint density at radius 1 is 1.40 bits per heavy atom. The van der Waals surface area contributed by atoms with E-state index in [1.54, 1.807) is 0 Å². The van der Waals surface area contributed by atoms with Gasteiger partial charge < -0.3 is 4.74 Å². The molecule has 1 aliphatic carbocycles. The van der Waals surface area contributed by atoms with Crippen LogP contribution in [0.25, 0.3) is 0 Å². The van der Waals surface area contributed by atoms with Crippen LogP contribution < -0.4 is 0 Å². The van der Waals surface area contributed by atoms with E-state index in [1.165, 1.54) is 32.1 Å². The monoisotopic (exact) mass is 140 g/mol. The summed E-state index contributed by atoms with van der Waals surface area (Å²) < 4.78 is 5.70. The molecule has 1 spiro atoms. The van der Waals surface area contributed by atoms with Crippen molar-refractivity contribution < 1.29 is 4.74 Å². The molecule has 1 unspecified atom stereocenters. The zero-order valence-electron chi connectivity index (χ0n) is 6.73. The highest BCUT2D eigenvalue weighted by Crippen LogP contribution is 2.52. The third-order valence-electron chi connectivity index (χ3n) is 3.03. The largest absolute Gasteiger partial charge is 0.378 e. The number of hydrogen-bond acceptors (Lipinski definition) is 1. The van der Waals surface area contributed by atoms with Crippen LogP contribution in [0.2, 0.25) is 0 Å². The normalized spacial score (nSPS) is 36.3. The molecular formula is C9H16O. The van der Waals surface area contributed by atoms with E-state index in [2.05, 4.69) is 6.92 Å². The minimum atomic E-state index is 0.589. The Labute approximate surface area is 62.8 Å². The van der Waals surface area contributed by atoms with Gasteiger partial charge in [-0.05, 0) is 37.5 Å². The van der Waals surface area contributed by atoms with Gasteiger partial charge >= 0.3 is 0 Å². The van der Waals surface area contributed by atoms with Crippen molar-refractivity contribution in [2.45, 2.75) is 45.1 Å². The maximum Gasteiger partial charge on any atom is 0.0573 e. The molecule has 1 heterocycles. The first-order valence-electron chi connectivity index (χ1n) is 4.46. The lowest BCUT2D eigenvalue weighted by molar-refractivity contribution is -0.0261. The minimum absolute atomic E-state index is 0.589. The highest BCUT2D eigenvalue weighted by molar-refractivity contribution is 4.95. The first kappa shape index (κ1) is 6.66. The molecule has 0 N–H and O–H groups in total. The average molecular weight is 140 g/mol. The molecule has 1 heteroatoms. The minimum Gasteiger partial charge on any atom is -0.378 e. The second kappa shape index (κ2) is 2.23. The Balaban J connectivity index is 1.84. The molecule has 1 aliphatic heterocycles. The van der Waals surface area contributed by atoms with E-state index in [4.69, 9.17) is 4.74 Å². The van der Waals surface area contributed by atoms with E-state index < -0.39 is 0 Å². The molecule has 2 rings (SSSR count). The van der Waals surface area contributed by atoms with Gasteiger partial charge in [0.15, 0.2) is 0 Å². The maximum atomic E-state index is 5.70. The Hall–Kier alpha value is -0.0400. The molecule has 0 bridgehead atoms. The molecule has 0 amide bonds. The van der Waals surface area contributed by atoms with E-state index >= 15 is 0 Å². The van der Waals surface area contributed by atoms with Gasteiger partial charge in [0.2, 0.25) is 0 Å². The summed E-state index contributed by atoms with van der Waals surface area (Å²) >= 11 is 0. The van der Waals surface area contributed by atoms with Crippen molar-refractivity contribution in [1.82, 2.24) is 0 Å². The molecule has 1 nitrogen and oxygen atoms in total. The lowest BCUT2D eigenvalue weighted by Gasteiger charge is -2.28. The fourth-order valence-electron chi connectivity index (χ4n) is 1.81. The van der Waals surface area contributed by atoms with Crippen molar-refractivity contribution in [2.24, 2.45) is 5.41 Å². The molecule has 2 fully saturated rings. The van der Waals surface area contributed by atoms with Crippen LogP contribution >= 0.6 is 0 Å². The van der Waals surface area contributed by atoms with Crippen LogP contribution in [0.5, 0.6) is 0 Å². The zero-order valence-corrected chi connectivity index (χ0v) is 6.73. The van der Waals surface area contributed by atoms with Crippen LogP contribution in [0.4, 0.5) is 0 Å². The van der Waals surface area contributed by atoms with E-state index in [0.717, 1.165) is 6.61 Å². The number of hydrogen-bond donors (Lipinski definition) is 0. The fraction of sp³-hybridized carbons (Fsp3) is 1.00. The Bertz CT molecular complexity index is 117. The topological polar surface area (TPSA) is 9.23 Å². The first-order valence-corrected chi connectivity index (χ1v) is 4.46. The van der Waals surface area contributed by atoms with Crippen molar-refractivity contribution in [1.29, 1.82) is 0 Å². The van der Waals surface area contributed by atoms with E-state index in [0.29, 0.717) is 11.5 Å². The zero-order chi connectivity index (χ0) is 7.03. The van der Waals surface area contributed by atoms with Gasteiger partial charge in [0, 0.05) is 0 Å². The van der Waals surface area contributed by atoms with Gasteiger partial charge in [0.25, 0.3) is 0 Å². The fourth-order valence-corrected chi connectivity index (χ4v) is 1.81. The summed E-state index contributed by atoms with van der Waals surface area (Å²) in [6.45, 7) is 3.28. The van der Waals surface area contributed by atoms with Gasteiger partial charge in [0.1, 0.15) is 0 Å². The van der Waals surface area contributed by atoms with Crippen LogP contribution in [0.1, 0.15) is 39.0 Å². The molecule has 1 saturated heterocycles. The van der Waals surface area contributed by atoms with Crippen molar-refractivity contribution >= 4 is 0 Å². The SMILES string of the molecule is CCC1CCC2(CC2)CO1. The van der Waals surface area contributed by atoms with Crippen molar-refractivity contribution in [3.8, 4) is 0 Å². The van der Waals surface area contributed by atoms with E-state index in [1.807, 2.05) is 0 Å². The quantitative estimate of drug-likeness (QED) is 0.543. The predicted octanol–water partition coefficient (Wildman–Crippen LogP) is 2.36. The van der Waals surface area contributed by atoms with Gasteiger partial charge in [-0.3, -0.25) is 0 Å². The Morgan fingerprint density at radius 3 is 2.60 bits per heavy atom. The first-order chi connectivity index (χ1) is 4.85. The molecule has 2 aliphatic rings. The second-order valence-electron chi connectivity index (χ2n) is 3.88. The van der Waals surface area contributed by atoms with Gasteiger partial charge in [0.05, 0.1) is 12.7 Å². The van der Waals surface area contributed by atoms with Crippen molar-refractivity contribution in [3.05, 3.63) is 0 Å². The van der Waals surface area contributed by atoms with Crippen LogP contribution in [-0.2, 0) is 4.74 Å². The van der Waals surface area contributed by atoms with Crippen LogP contribution in [-0.4, -0.2) is 12.7 Å². The number of rotatable bonds is 1. The number of ether oxygens (including phenoxy) is 1. The summed E-state index contributed by atoms with van der Waals surface area (Å²) in [6.07, 6.45) is 7.41. The molecule has 0 radical (unpaired) electrons. The van der Waals surface area contributed by atoms with E-state index in [-0.39, 0.29) is 0 Å². The lowest BCUT2D eigenvalue weighted by Crippen LogP contribution is -2.26. The van der Waals surface area contributed by atoms with Gasteiger partial charge in [-0.15, -0.1) is 0 Å². The standard InChI is InChI=1S/C9H16O/c1-2-8-3-4-9(5-6-9)7-10-8/h8H,2-7H2,1H3. The molecule has 1 atom stereocenters. The smallest absolute Gasteiger partial charge is 0.0573 e. The van der Waals surface area contributed by atoms with E-state index in [9.17, 15) is 0 Å². The molecule has 0 aromatic heterocycles. The van der Waals surface area contributed by atoms with Gasteiger partial charge in [-0.2, -0.15) is 0 Å². The van der Waals surface area contributed by atoms with Gasteiger partial charge in [-0.25, -0.2) is 0 Å². The summed E-state index contributed by atoms with van der Waals surface area (Å²) in [5, 5.41) is 0. The summed E-state index contributed by atoms with van der Waals surface area (Å²) in [5.74, 6) is 0. The summed E-state index contributed by atoms with van der Waals surface area (Å²) in [5.41, 5.74) is 0.686. The molecule has 0 aromatic rings. The molecule has 1 saturated carbocycles. The summed E-state index contributed by atoms with van der Waals surface area (Å²) in [6, 6.07) is 0. The highest BCUT2D eigenvalue weighted by atomic mass is 16.5. The Kier molecular flexibility index (Phi) is 1.48. The third kappa shape index (κ3) is 1.07. The lowest BCUT2D eigenvalue weighted by atomic mass is 9.95. The third-order valence-corrected chi connectivity index (χ3v) is 3.03. The molecule has 58 valence electrons. The molecular weight excluding hydrogens is 124 g/mol. The van der Waals surface area contributed by atoms with Crippen LogP contribution in [0.3, 0.4) is 0 Å². The van der Waals surface area contributed by atoms with Crippen molar-refractivity contribution in [2.75, 3.05) is 6.61 Å². The molecule has 10 heavy (non-hydrogen) atoms. The Morgan fingerprint density at radius 2 is 2.20 bits per heavy atom. The average Bonchev–Trinajstić information content (AvgIpc) is 2.72. The molecule has 0 aromatic carbocycles. The summed E-state index contributed by atoms with van der Waals surface area (Å²) in [7, 11) is 0. The maximum absolute atomic E-state index is 5.70. The second-order valence-corrected chi connectivity index (χ2v) is 3.88.